The molecule has 2 aliphatic rings. The van der Waals surface area contributed by atoms with Crippen LogP contribution in [-0.4, -0.2) is 90.3 Å². The summed E-state index contributed by atoms with van der Waals surface area (Å²) in [7, 11) is 0. The van der Waals surface area contributed by atoms with Crippen LogP contribution in [0.4, 0.5) is 0 Å². The molecule has 9 heteroatoms. The Morgan fingerprint density at radius 2 is 1.52 bits per heavy atom. The number of hydrogen-bond acceptors (Lipinski definition) is 2. The second-order valence-corrected chi connectivity index (χ2v) is 7.32. The zero-order valence-electron chi connectivity index (χ0n) is 17.7. The van der Waals surface area contributed by atoms with Crippen LogP contribution in [0.5, 0.6) is 0 Å². The molecule has 0 saturated carbocycles. The van der Waals surface area contributed by atoms with E-state index >= 15 is 0 Å². The minimum absolute atomic E-state index is 0. The van der Waals surface area contributed by atoms with Crippen molar-refractivity contribution in [2.45, 2.75) is 77.5 Å². The van der Waals surface area contributed by atoms with Gasteiger partial charge in [0, 0.05) is 12.1 Å². The van der Waals surface area contributed by atoms with Crippen molar-refractivity contribution in [3.63, 3.8) is 0 Å². The second-order valence-electron chi connectivity index (χ2n) is 6.55. The van der Waals surface area contributed by atoms with E-state index in [4.69, 9.17) is 10.8 Å². The van der Waals surface area contributed by atoms with Crippen LogP contribution in [0.25, 0.3) is 21.5 Å². The first-order valence-corrected chi connectivity index (χ1v) is 11.2. The second kappa shape index (κ2) is 25.8. The number of hydrogen-bond donors (Lipinski definition) is 0. The van der Waals surface area contributed by atoms with Gasteiger partial charge in [0.05, 0.1) is 0 Å². The average molecular weight is 570 g/mol. The van der Waals surface area contributed by atoms with E-state index in [2.05, 4.69) is 91.6 Å². The molecule has 6 nitrogen and oxygen atoms in total. The predicted molar refractivity (Wildman–Crippen MR) is 127 cm³/mol. The Balaban J connectivity index is -0.000000358. The first-order valence-electron chi connectivity index (χ1n) is 9.50. The molecule has 0 N–H and O–H groups in total. The van der Waals surface area contributed by atoms with Gasteiger partial charge in [0.2, 0.25) is 0 Å². The summed E-state index contributed by atoms with van der Waals surface area (Å²) in [6.45, 7) is 10.3. The van der Waals surface area contributed by atoms with Crippen molar-refractivity contribution < 1.29 is 17.1 Å². The van der Waals surface area contributed by atoms with Crippen LogP contribution >= 0.6 is 0 Å². The molecule has 0 aromatic carbocycles. The van der Waals surface area contributed by atoms with Crippen molar-refractivity contribution in [1.82, 2.24) is 0 Å². The number of aliphatic imine (C=N–C) groups is 2. The zero-order valence-corrected chi connectivity index (χ0v) is 22.2. The van der Waals surface area contributed by atoms with Crippen LogP contribution in [0.15, 0.2) is 22.1 Å². The van der Waals surface area contributed by atoms with Crippen molar-refractivity contribution in [2.24, 2.45) is 9.98 Å². The summed E-state index contributed by atoms with van der Waals surface area (Å²) in [5.41, 5.74) is 0. The van der Waals surface area contributed by atoms with Gasteiger partial charge in [0.1, 0.15) is 0 Å². The average Bonchev–Trinajstić information content (AvgIpc) is 2.68. The molecule has 162 valence electrons. The summed E-state index contributed by atoms with van der Waals surface area (Å²) < 4.78 is 3.25. The van der Waals surface area contributed by atoms with E-state index in [0.717, 1.165) is 19.5 Å². The molecule has 0 aliphatic carbocycles. The van der Waals surface area contributed by atoms with Gasteiger partial charge >= 0.3 is 68.5 Å². The maximum absolute atomic E-state index is 7.26. The van der Waals surface area contributed by atoms with Crippen LogP contribution < -0.4 is 0 Å². The number of rotatable bonds is 4. The fraction of sp³-hybridized carbons (Fsp3) is 0.700. The molecule has 0 aromatic rings. The Kier molecular flexibility index (Phi) is 29.6. The minimum atomic E-state index is 0. The standard InChI is InChI=1S/C9H17N2.C9H15N2.2CNSe.Fe/c2*1-8(2)11-7-9-5-3-4-6-10-9;2*2-1-3;/h7-9H,3-6H2,1-2H3;3,5,7-9H,4,6H2,1-2H3;;;/q4*-1;+4. The molecule has 2 aliphatic heterocycles. The molecule has 2 unspecified atom stereocenters. The van der Waals surface area contributed by atoms with Crippen LogP contribution in [0.2, 0.25) is 0 Å². The Hall–Kier alpha value is -0.282. The van der Waals surface area contributed by atoms with Gasteiger partial charge in [-0.2, -0.15) is 0 Å². The zero-order chi connectivity index (χ0) is 21.6. The van der Waals surface area contributed by atoms with E-state index in [1.807, 2.05) is 12.4 Å². The molecule has 2 rings (SSSR count). The van der Waals surface area contributed by atoms with Gasteiger partial charge in [-0.1, -0.05) is 43.8 Å². The molecule has 2 heterocycles. The fourth-order valence-electron chi connectivity index (χ4n) is 2.16. The van der Waals surface area contributed by atoms with Gasteiger partial charge in [-0.3, -0.25) is 9.98 Å². The van der Waals surface area contributed by atoms with Crippen molar-refractivity contribution >= 4 is 53.0 Å². The van der Waals surface area contributed by atoms with Crippen LogP contribution in [-0.2, 0) is 17.1 Å². The van der Waals surface area contributed by atoms with Crippen molar-refractivity contribution in [2.75, 3.05) is 13.1 Å². The van der Waals surface area contributed by atoms with Crippen LogP contribution in [0, 0.1) is 0 Å². The monoisotopic (exact) mass is 572 g/mol. The molecular formula is C20H32FeN6Se2. The van der Waals surface area contributed by atoms with Gasteiger partial charge in [-0.15, -0.1) is 19.2 Å². The third-order valence-corrected chi connectivity index (χ3v) is 3.33. The predicted octanol–water partition coefficient (Wildman–Crippen LogP) is 3.82. The Morgan fingerprint density at radius 1 is 0.966 bits per heavy atom. The molecular weight excluding hydrogens is 538 g/mol. The summed E-state index contributed by atoms with van der Waals surface area (Å²) in [5.74, 6) is 0. The third kappa shape index (κ3) is 27.7. The molecule has 29 heavy (non-hydrogen) atoms. The molecule has 0 bridgehead atoms. The van der Waals surface area contributed by atoms with E-state index in [1.54, 1.807) is 9.43 Å². The maximum atomic E-state index is 7.26. The third-order valence-electron chi connectivity index (χ3n) is 3.33. The Bertz CT molecular complexity index is 505. The van der Waals surface area contributed by atoms with Crippen LogP contribution in [0.1, 0.15) is 53.4 Å². The first-order chi connectivity index (χ1) is 13.4. The Morgan fingerprint density at radius 3 is 1.93 bits per heavy atom. The summed E-state index contributed by atoms with van der Waals surface area (Å²) in [5, 5.41) is 23.3. The normalized spacial score (nSPS) is 20.2. The Labute approximate surface area is 203 Å². The molecule has 1 fully saturated rings. The van der Waals surface area contributed by atoms with Crippen LogP contribution in [0.3, 0.4) is 0 Å². The topological polar surface area (TPSA) is 97.5 Å². The van der Waals surface area contributed by atoms with Crippen molar-refractivity contribution in [3.8, 4) is 0 Å². The number of piperidine rings is 1. The first kappa shape index (κ1) is 33.4. The quantitative estimate of drug-likeness (QED) is 0.279. The summed E-state index contributed by atoms with van der Waals surface area (Å²) in [6.07, 6.45) is 13.1. The molecule has 0 radical (unpaired) electrons. The molecule has 1 saturated heterocycles. The summed E-state index contributed by atoms with van der Waals surface area (Å²) in [4.78, 5) is 8.61. The van der Waals surface area contributed by atoms with Gasteiger partial charge in [0.25, 0.3) is 0 Å². The van der Waals surface area contributed by atoms with Gasteiger partial charge < -0.3 is 10.6 Å². The van der Waals surface area contributed by atoms with E-state index in [0.29, 0.717) is 18.1 Å². The fourth-order valence-corrected chi connectivity index (χ4v) is 2.16. The molecule has 2 atom stereocenters. The van der Waals surface area contributed by atoms with Crippen molar-refractivity contribution in [1.29, 1.82) is 0 Å². The van der Waals surface area contributed by atoms with Gasteiger partial charge in [-0.25, -0.2) is 0 Å². The van der Waals surface area contributed by atoms with E-state index in [9.17, 15) is 0 Å². The summed E-state index contributed by atoms with van der Waals surface area (Å²) >= 11 is 4.22. The van der Waals surface area contributed by atoms with Crippen molar-refractivity contribution in [3.05, 3.63) is 33.6 Å². The van der Waals surface area contributed by atoms with E-state index in [1.165, 1.54) is 19.3 Å². The van der Waals surface area contributed by atoms with E-state index in [-0.39, 0.29) is 23.1 Å². The number of nitrogens with zero attached hydrogens (tertiary/aromatic N) is 6. The summed E-state index contributed by atoms with van der Waals surface area (Å²) in [6, 6.07) is 1.48. The molecule has 0 amide bonds. The molecule has 0 spiro atoms. The van der Waals surface area contributed by atoms with Gasteiger partial charge in [0.15, 0.2) is 0 Å². The SMILES string of the molecule is CC(C)N=CC1C=CCC[N-]1.CC(C)N=CC1CCCC[N-]1.[Fe+4].[N-]=C=[Se].[N-]=C=[Se]. The van der Waals surface area contributed by atoms with Gasteiger partial charge in [-0.05, 0) is 40.1 Å². The molecule has 0 aromatic heterocycles. The van der Waals surface area contributed by atoms with E-state index < -0.39 is 0 Å².